The predicted molar refractivity (Wildman–Crippen MR) is 111 cm³/mol. The molecule has 29 heavy (non-hydrogen) atoms. The summed E-state index contributed by atoms with van der Waals surface area (Å²) >= 11 is 3.38. The van der Waals surface area contributed by atoms with Crippen molar-refractivity contribution in [3.05, 3.63) is 63.6 Å². The number of hydrogen-bond donors (Lipinski definition) is 3. The summed E-state index contributed by atoms with van der Waals surface area (Å²) in [6, 6.07) is 10.8. The van der Waals surface area contributed by atoms with E-state index in [0.29, 0.717) is 21.3 Å². The lowest BCUT2D eigenvalue weighted by Crippen LogP contribution is -2.45. The Kier molecular flexibility index (Phi) is 6.12. The second-order valence-electron chi connectivity index (χ2n) is 6.69. The molecule has 8 heteroatoms. The number of benzene rings is 2. The monoisotopic (exact) mass is 460 g/mol. The third kappa shape index (κ3) is 4.37. The summed E-state index contributed by atoms with van der Waals surface area (Å²) < 4.78 is 11.3. The van der Waals surface area contributed by atoms with E-state index in [-0.39, 0.29) is 23.2 Å². The molecule has 0 radical (unpaired) electrons. The van der Waals surface area contributed by atoms with E-state index in [1.807, 2.05) is 6.07 Å². The molecule has 0 saturated carbocycles. The molecule has 1 heterocycles. The van der Waals surface area contributed by atoms with Gasteiger partial charge < -0.3 is 25.2 Å². The van der Waals surface area contributed by atoms with Crippen molar-refractivity contribution < 1.29 is 24.2 Å². The first-order valence-electron chi connectivity index (χ1n) is 8.96. The van der Waals surface area contributed by atoms with Crippen LogP contribution in [0.3, 0.4) is 0 Å². The van der Waals surface area contributed by atoms with Gasteiger partial charge in [0.15, 0.2) is 11.5 Å². The molecule has 3 N–H and O–H groups in total. The normalized spacial score (nSPS) is 16.3. The van der Waals surface area contributed by atoms with Crippen molar-refractivity contribution in [2.24, 2.45) is 0 Å². The van der Waals surface area contributed by atoms with Gasteiger partial charge in [-0.15, -0.1) is 0 Å². The molecule has 1 aliphatic rings. The topological polar surface area (TPSA) is 96.9 Å². The van der Waals surface area contributed by atoms with Crippen LogP contribution in [0.4, 0.5) is 4.79 Å². The number of amides is 2. The van der Waals surface area contributed by atoms with Crippen LogP contribution in [0.1, 0.15) is 31.0 Å². The highest BCUT2D eigenvalue weighted by Gasteiger charge is 2.36. The molecule has 1 unspecified atom stereocenters. The van der Waals surface area contributed by atoms with Crippen molar-refractivity contribution in [1.82, 2.24) is 10.6 Å². The van der Waals surface area contributed by atoms with Gasteiger partial charge in [0, 0.05) is 10.0 Å². The molecule has 0 bridgehead atoms. The average Bonchev–Trinajstić information content (AvgIpc) is 2.68. The van der Waals surface area contributed by atoms with E-state index >= 15 is 0 Å². The molecule has 7 nitrogen and oxygen atoms in total. The molecular weight excluding hydrogens is 440 g/mol. The van der Waals surface area contributed by atoms with Gasteiger partial charge in [-0.1, -0.05) is 46.3 Å². The lowest BCUT2D eigenvalue weighted by atomic mass is 9.92. The molecule has 1 aliphatic heterocycles. The third-order valence-electron chi connectivity index (χ3n) is 4.30. The maximum Gasteiger partial charge on any atom is 0.338 e. The minimum absolute atomic E-state index is 0.176. The summed E-state index contributed by atoms with van der Waals surface area (Å²) in [5.74, 6) is -0.570. The summed E-state index contributed by atoms with van der Waals surface area (Å²) in [5.41, 5.74) is 1.45. The number of carbonyl (C=O) groups excluding carboxylic acids is 2. The first kappa shape index (κ1) is 20.7. The number of phenols is 1. The zero-order chi connectivity index (χ0) is 21.1. The van der Waals surface area contributed by atoms with Crippen LogP contribution in [-0.2, 0) is 9.53 Å². The van der Waals surface area contributed by atoms with Crippen molar-refractivity contribution in [1.29, 1.82) is 0 Å². The number of rotatable bonds is 5. The summed E-state index contributed by atoms with van der Waals surface area (Å²) in [6.45, 7) is 3.48. The van der Waals surface area contributed by atoms with Crippen LogP contribution >= 0.6 is 15.9 Å². The summed E-state index contributed by atoms with van der Waals surface area (Å²) in [7, 11) is 1.42. The van der Waals surface area contributed by atoms with E-state index in [0.717, 1.165) is 0 Å². The van der Waals surface area contributed by atoms with Gasteiger partial charge >= 0.3 is 12.0 Å². The van der Waals surface area contributed by atoms with Gasteiger partial charge in [-0.25, -0.2) is 9.59 Å². The predicted octanol–water partition coefficient (Wildman–Crippen LogP) is 3.88. The Morgan fingerprint density at radius 3 is 2.52 bits per heavy atom. The molecular formula is C21H21BrN2O5. The molecule has 0 saturated heterocycles. The van der Waals surface area contributed by atoms with Crippen molar-refractivity contribution >= 4 is 33.6 Å². The Hall–Kier alpha value is -3.00. The van der Waals surface area contributed by atoms with Crippen molar-refractivity contribution in [3.63, 3.8) is 0 Å². The van der Waals surface area contributed by atoms with Gasteiger partial charge in [0.2, 0.25) is 0 Å². The Morgan fingerprint density at radius 1 is 1.21 bits per heavy atom. The third-order valence-corrected chi connectivity index (χ3v) is 4.76. The lowest BCUT2D eigenvalue weighted by molar-refractivity contribution is -0.143. The Labute approximate surface area is 176 Å². The zero-order valence-corrected chi connectivity index (χ0v) is 17.7. The molecule has 152 valence electrons. The number of esters is 1. The fourth-order valence-corrected chi connectivity index (χ4v) is 3.55. The molecule has 0 fully saturated rings. The molecule has 2 amide bonds. The van der Waals surface area contributed by atoms with E-state index < -0.39 is 18.0 Å². The highest BCUT2D eigenvalue weighted by atomic mass is 79.9. The Morgan fingerprint density at radius 2 is 1.90 bits per heavy atom. The van der Waals surface area contributed by atoms with Gasteiger partial charge in [-0.05, 0) is 31.5 Å². The SMILES string of the molecule is COc1cc(Br)cc(C2NC(=O)NC(c3ccccc3)=C2C(=O)OC(C)C)c1O. The van der Waals surface area contributed by atoms with E-state index in [4.69, 9.17) is 9.47 Å². The summed E-state index contributed by atoms with van der Waals surface area (Å²) in [5, 5.41) is 16.1. The Balaban J connectivity index is 2.25. The largest absolute Gasteiger partial charge is 0.504 e. The van der Waals surface area contributed by atoms with Crippen molar-refractivity contribution in [2.45, 2.75) is 26.0 Å². The molecule has 2 aromatic rings. The van der Waals surface area contributed by atoms with E-state index in [2.05, 4.69) is 26.6 Å². The summed E-state index contributed by atoms with van der Waals surface area (Å²) in [6.07, 6.45) is -0.365. The number of phenolic OH excluding ortho intramolecular Hbond substituents is 1. The number of ether oxygens (including phenoxy) is 2. The molecule has 1 atom stereocenters. The second kappa shape index (κ2) is 8.57. The molecule has 3 rings (SSSR count). The van der Waals surface area contributed by atoms with Crippen LogP contribution < -0.4 is 15.4 Å². The van der Waals surface area contributed by atoms with Crippen LogP contribution in [0.2, 0.25) is 0 Å². The molecule has 0 spiro atoms. The molecule has 2 aromatic carbocycles. The van der Waals surface area contributed by atoms with Crippen LogP contribution in [0.15, 0.2) is 52.5 Å². The average molecular weight is 461 g/mol. The highest BCUT2D eigenvalue weighted by molar-refractivity contribution is 9.10. The number of hydrogen-bond acceptors (Lipinski definition) is 5. The molecule has 0 aliphatic carbocycles. The number of halogens is 1. The first-order valence-corrected chi connectivity index (χ1v) is 9.75. The minimum atomic E-state index is -0.948. The van der Waals surface area contributed by atoms with Gasteiger partial charge in [0.1, 0.15) is 0 Å². The van der Waals surface area contributed by atoms with Crippen LogP contribution in [0, 0.1) is 0 Å². The van der Waals surface area contributed by atoms with Crippen LogP contribution in [0.5, 0.6) is 11.5 Å². The fraction of sp³-hybridized carbons (Fsp3) is 0.238. The van der Waals surface area contributed by atoms with Crippen molar-refractivity contribution in [2.75, 3.05) is 7.11 Å². The van der Waals surface area contributed by atoms with Gasteiger partial charge in [0.05, 0.1) is 30.5 Å². The van der Waals surface area contributed by atoms with Gasteiger partial charge in [-0.2, -0.15) is 0 Å². The number of aromatic hydroxyl groups is 1. The van der Waals surface area contributed by atoms with Crippen molar-refractivity contribution in [3.8, 4) is 11.5 Å². The zero-order valence-electron chi connectivity index (χ0n) is 16.2. The second-order valence-corrected chi connectivity index (χ2v) is 7.60. The highest BCUT2D eigenvalue weighted by Crippen LogP contribution is 2.41. The van der Waals surface area contributed by atoms with Crippen LogP contribution in [0.25, 0.3) is 5.70 Å². The van der Waals surface area contributed by atoms with Gasteiger partial charge in [-0.3, -0.25) is 0 Å². The smallest absolute Gasteiger partial charge is 0.338 e. The summed E-state index contributed by atoms with van der Waals surface area (Å²) in [4.78, 5) is 25.5. The number of carbonyl (C=O) groups is 2. The quantitative estimate of drug-likeness (QED) is 0.588. The van der Waals surface area contributed by atoms with E-state index in [1.165, 1.54) is 7.11 Å². The fourth-order valence-electron chi connectivity index (χ4n) is 3.10. The Bertz CT molecular complexity index is 973. The van der Waals surface area contributed by atoms with Gasteiger partial charge in [0.25, 0.3) is 0 Å². The maximum atomic E-state index is 13.0. The van der Waals surface area contributed by atoms with E-state index in [9.17, 15) is 14.7 Å². The molecule has 0 aromatic heterocycles. The standard InChI is InChI=1S/C21H21BrN2O5/c1-11(2)29-20(26)16-17(12-7-5-4-6-8-12)23-21(27)24-18(16)14-9-13(22)10-15(28-3)19(14)25/h4-11,18,25H,1-3H3,(H2,23,24,27). The first-order chi connectivity index (χ1) is 13.8. The minimum Gasteiger partial charge on any atom is -0.504 e. The maximum absolute atomic E-state index is 13.0. The van der Waals surface area contributed by atoms with Crippen LogP contribution in [-0.4, -0.2) is 30.3 Å². The number of methoxy groups -OCH3 is 1. The number of urea groups is 1. The number of nitrogens with one attached hydrogen (secondary N) is 2. The van der Waals surface area contributed by atoms with E-state index in [1.54, 1.807) is 50.2 Å². The lowest BCUT2D eigenvalue weighted by Gasteiger charge is -2.30.